The SMILES string of the molecule is CO[C@](C(=O)OC1CCc2cc3ccccc3cc2C1)(c1ccccc1)C(F)(F)F. The molecule has 0 aromatic heterocycles. The normalized spacial score (nSPS) is 18.5. The van der Waals surface area contributed by atoms with Crippen molar-refractivity contribution in [2.75, 3.05) is 7.11 Å². The van der Waals surface area contributed by atoms with Crippen LogP contribution < -0.4 is 0 Å². The zero-order valence-electron chi connectivity index (χ0n) is 16.4. The maximum absolute atomic E-state index is 14.1. The lowest BCUT2D eigenvalue weighted by atomic mass is 9.87. The van der Waals surface area contributed by atoms with Crippen LogP contribution in [0, 0.1) is 0 Å². The number of methoxy groups -OCH3 is 1. The van der Waals surface area contributed by atoms with Gasteiger partial charge in [0, 0.05) is 19.1 Å². The van der Waals surface area contributed by atoms with E-state index in [-0.39, 0.29) is 5.56 Å². The van der Waals surface area contributed by atoms with Crippen molar-refractivity contribution < 1.29 is 27.4 Å². The van der Waals surface area contributed by atoms with E-state index in [2.05, 4.69) is 6.07 Å². The Morgan fingerprint density at radius 3 is 2.13 bits per heavy atom. The molecule has 0 amide bonds. The van der Waals surface area contributed by atoms with Gasteiger partial charge in [-0.2, -0.15) is 13.2 Å². The van der Waals surface area contributed by atoms with Crippen LogP contribution in [0.4, 0.5) is 13.2 Å². The number of hydrogen-bond acceptors (Lipinski definition) is 3. The van der Waals surface area contributed by atoms with E-state index in [0.717, 1.165) is 29.0 Å². The Balaban J connectivity index is 1.62. The predicted molar refractivity (Wildman–Crippen MR) is 107 cm³/mol. The molecule has 1 aliphatic rings. The minimum absolute atomic E-state index is 0.299. The van der Waals surface area contributed by atoms with E-state index in [0.29, 0.717) is 19.3 Å². The van der Waals surface area contributed by atoms with Gasteiger partial charge in [-0.25, -0.2) is 4.79 Å². The van der Waals surface area contributed by atoms with Crippen LogP contribution in [0.5, 0.6) is 0 Å². The minimum atomic E-state index is -4.97. The van der Waals surface area contributed by atoms with Crippen molar-refractivity contribution in [2.45, 2.75) is 37.1 Å². The van der Waals surface area contributed by atoms with Gasteiger partial charge >= 0.3 is 12.1 Å². The second-order valence-electron chi connectivity index (χ2n) is 7.49. The zero-order chi connectivity index (χ0) is 21.4. The van der Waals surface area contributed by atoms with Gasteiger partial charge in [-0.05, 0) is 34.7 Å². The molecule has 0 aliphatic heterocycles. The predicted octanol–water partition coefficient (Wildman–Crippen LogP) is 5.34. The molecule has 3 aromatic carbocycles. The molecule has 156 valence electrons. The van der Waals surface area contributed by atoms with Crippen molar-refractivity contribution in [3.05, 3.63) is 83.4 Å². The standard InChI is InChI=1S/C24H21F3O3/c1-29-23(24(25,26)27,20-9-3-2-4-10-20)22(28)30-21-12-11-18-13-16-7-5-6-8-17(16)14-19(18)15-21/h2-10,13-14,21H,11-12,15H2,1H3/t21?,23-/m0/s1. The van der Waals surface area contributed by atoms with Crippen LogP contribution in [0.25, 0.3) is 10.8 Å². The maximum Gasteiger partial charge on any atom is 0.432 e. The number of esters is 1. The van der Waals surface area contributed by atoms with Crippen LogP contribution in [-0.4, -0.2) is 25.4 Å². The lowest BCUT2D eigenvalue weighted by Gasteiger charge is -2.34. The molecule has 0 radical (unpaired) electrons. The van der Waals surface area contributed by atoms with E-state index >= 15 is 0 Å². The first-order valence-electron chi connectivity index (χ1n) is 9.74. The summed E-state index contributed by atoms with van der Waals surface area (Å²) in [5.74, 6) is -1.43. The first kappa shape index (κ1) is 20.4. The van der Waals surface area contributed by atoms with Crippen LogP contribution >= 0.6 is 0 Å². The van der Waals surface area contributed by atoms with Crippen LogP contribution in [0.2, 0.25) is 0 Å². The fourth-order valence-electron chi connectivity index (χ4n) is 4.14. The molecule has 1 unspecified atom stereocenters. The van der Waals surface area contributed by atoms with Gasteiger partial charge in [0.25, 0.3) is 5.60 Å². The Kier molecular flexibility index (Phi) is 5.28. The van der Waals surface area contributed by atoms with E-state index < -0.39 is 23.9 Å². The van der Waals surface area contributed by atoms with E-state index in [1.54, 1.807) is 6.07 Å². The summed E-state index contributed by atoms with van der Waals surface area (Å²) in [5, 5.41) is 2.17. The van der Waals surface area contributed by atoms with Gasteiger partial charge in [0.2, 0.25) is 0 Å². The molecule has 0 fully saturated rings. The highest BCUT2D eigenvalue weighted by Crippen LogP contribution is 2.43. The number of ether oxygens (including phenoxy) is 2. The fraction of sp³-hybridized carbons (Fsp3) is 0.292. The van der Waals surface area contributed by atoms with Crippen molar-refractivity contribution in [3.63, 3.8) is 0 Å². The number of halogens is 3. The number of carbonyl (C=O) groups excluding carboxylic acids is 1. The molecule has 0 heterocycles. The summed E-state index contributed by atoms with van der Waals surface area (Å²) >= 11 is 0. The number of hydrogen-bond donors (Lipinski definition) is 0. The largest absolute Gasteiger partial charge is 0.459 e. The molecule has 3 nitrogen and oxygen atoms in total. The minimum Gasteiger partial charge on any atom is -0.459 e. The molecule has 0 spiro atoms. The molecule has 30 heavy (non-hydrogen) atoms. The summed E-state index contributed by atoms with van der Waals surface area (Å²) in [6, 6.07) is 18.9. The molecular formula is C24H21F3O3. The molecule has 4 rings (SSSR count). The number of benzene rings is 3. The summed E-state index contributed by atoms with van der Waals surface area (Å²) in [6.45, 7) is 0. The van der Waals surface area contributed by atoms with Crippen LogP contribution in [0.15, 0.2) is 66.7 Å². The second kappa shape index (κ2) is 7.76. The van der Waals surface area contributed by atoms with E-state index in [1.807, 2.05) is 30.3 Å². The lowest BCUT2D eigenvalue weighted by molar-refractivity contribution is -0.278. The summed E-state index contributed by atoms with van der Waals surface area (Å²) in [5.41, 5.74) is -1.32. The third-order valence-electron chi connectivity index (χ3n) is 5.70. The Hall–Kier alpha value is -2.86. The molecule has 0 saturated carbocycles. The van der Waals surface area contributed by atoms with E-state index in [4.69, 9.17) is 9.47 Å². The van der Waals surface area contributed by atoms with Crippen molar-refractivity contribution in [1.82, 2.24) is 0 Å². The number of aryl methyl sites for hydroxylation is 1. The molecule has 1 aliphatic carbocycles. The number of rotatable bonds is 4. The van der Waals surface area contributed by atoms with Crippen molar-refractivity contribution >= 4 is 16.7 Å². The van der Waals surface area contributed by atoms with Crippen molar-refractivity contribution in [3.8, 4) is 0 Å². The number of fused-ring (bicyclic) bond motifs is 2. The number of carbonyl (C=O) groups is 1. The highest BCUT2D eigenvalue weighted by Gasteiger charge is 2.64. The number of alkyl halides is 3. The Labute approximate surface area is 172 Å². The molecule has 6 heteroatoms. The first-order valence-corrected chi connectivity index (χ1v) is 9.74. The molecule has 2 atom stereocenters. The fourth-order valence-corrected chi connectivity index (χ4v) is 4.14. The van der Waals surface area contributed by atoms with E-state index in [9.17, 15) is 18.0 Å². The van der Waals surface area contributed by atoms with Gasteiger partial charge in [0.15, 0.2) is 0 Å². The zero-order valence-corrected chi connectivity index (χ0v) is 16.4. The molecule has 0 bridgehead atoms. The molecule has 3 aromatic rings. The molecule has 0 N–H and O–H groups in total. The average Bonchev–Trinajstić information content (AvgIpc) is 2.73. The van der Waals surface area contributed by atoms with Gasteiger partial charge in [0.05, 0.1) is 0 Å². The van der Waals surface area contributed by atoms with Gasteiger partial charge < -0.3 is 9.47 Å². The summed E-state index contributed by atoms with van der Waals surface area (Å²) < 4.78 is 52.4. The van der Waals surface area contributed by atoms with Crippen LogP contribution in [-0.2, 0) is 32.7 Å². The second-order valence-corrected chi connectivity index (χ2v) is 7.49. The molecule has 0 saturated heterocycles. The van der Waals surface area contributed by atoms with Gasteiger partial charge in [-0.3, -0.25) is 0 Å². The summed E-state index contributed by atoms with van der Waals surface area (Å²) in [7, 11) is 0.879. The smallest absolute Gasteiger partial charge is 0.432 e. The maximum atomic E-state index is 14.1. The van der Waals surface area contributed by atoms with Crippen molar-refractivity contribution in [1.29, 1.82) is 0 Å². The monoisotopic (exact) mass is 414 g/mol. The lowest BCUT2D eigenvalue weighted by Crippen LogP contribution is -2.52. The third kappa shape index (κ3) is 3.45. The third-order valence-corrected chi connectivity index (χ3v) is 5.70. The Bertz CT molecular complexity index is 1060. The topological polar surface area (TPSA) is 35.5 Å². The molecular weight excluding hydrogens is 393 g/mol. The summed E-state index contributed by atoms with van der Waals surface area (Å²) in [6.07, 6.45) is -4.15. The van der Waals surface area contributed by atoms with Gasteiger partial charge in [-0.15, -0.1) is 0 Å². The Morgan fingerprint density at radius 1 is 0.933 bits per heavy atom. The van der Waals surface area contributed by atoms with Crippen LogP contribution in [0.1, 0.15) is 23.1 Å². The highest BCUT2D eigenvalue weighted by molar-refractivity contribution is 5.85. The van der Waals surface area contributed by atoms with Crippen molar-refractivity contribution in [2.24, 2.45) is 0 Å². The van der Waals surface area contributed by atoms with E-state index in [1.165, 1.54) is 24.3 Å². The quantitative estimate of drug-likeness (QED) is 0.541. The van der Waals surface area contributed by atoms with Crippen LogP contribution in [0.3, 0.4) is 0 Å². The average molecular weight is 414 g/mol. The Morgan fingerprint density at radius 2 is 1.53 bits per heavy atom. The van der Waals surface area contributed by atoms with Gasteiger partial charge in [0.1, 0.15) is 6.10 Å². The highest BCUT2D eigenvalue weighted by atomic mass is 19.4. The van der Waals surface area contributed by atoms with Gasteiger partial charge in [-0.1, -0.05) is 66.7 Å². The summed E-state index contributed by atoms with van der Waals surface area (Å²) in [4.78, 5) is 12.9. The first-order chi connectivity index (χ1) is 14.3.